The molecule has 0 saturated carbocycles. The molecule has 0 aromatic heterocycles. The summed E-state index contributed by atoms with van der Waals surface area (Å²) in [5, 5.41) is 0.702. The molecule has 1 amide bonds. The number of carbonyl (C=O) groups is 1. The lowest BCUT2D eigenvalue weighted by Gasteiger charge is -2.15. The highest BCUT2D eigenvalue weighted by Crippen LogP contribution is 2.36. The van der Waals surface area contributed by atoms with Crippen LogP contribution in [0.15, 0.2) is 52.4 Å². The Morgan fingerprint density at radius 3 is 2.57 bits per heavy atom. The zero-order chi connectivity index (χ0) is 21.7. The Bertz CT molecular complexity index is 982. The third-order valence-corrected chi connectivity index (χ3v) is 5.47. The van der Waals surface area contributed by atoms with Gasteiger partial charge in [-0.1, -0.05) is 24.3 Å². The monoisotopic (exact) mass is 424 g/mol. The van der Waals surface area contributed by atoms with Crippen molar-refractivity contribution < 1.29 is 14.3 Å². The SMILES string of the molecule is CCOc1cc(/C=C2/SC(=Nc3ccccc3C)N(CC)C2=O)ccc1OC(C)C. The summed E-state index contributed by atoms with van der Waals surface area (Å²) in [7, 11) is 0. The number of rotatable bonds is 7. The van der Waals surface area contributed by atoms with Crippen LogP contribution in [-0.2, 0) is 4.79 Å². The van der Waals surface area contributed by atoms with E-state index in [9.17, 15) is 4.79 Å². The first-order valence-electron chi connectivity index (χ1n) is 10.2. The molecule has 1 fully saturated rings. The average molecular weight is 425 g/mol. The topological polar surface area (TPSA) is 51.1 Å². The maximum atomic E-state index is 12.9. The fourth-order valence-corrected chi connectivity index (χ4v) is 4.10. The third kappa shape index (κ3) is 5.05. The van der Waals surface area contributed by atoms with Crippen LogP contribution in [0.25, 0.3) is 6.08 Å². The van der Waals surface area contributed by atoms with Crippen LogP contribution in [0.3, 0.4) is 0 Å². The zero-order valence-corrected chi connectivity index (χ0v) is 19.0. The zero-order valence-electron chi connectivity index (χ0n) is 18.1. The molecule has 1 aliphatic rings. The summed E-state index contributed by atoms with van der Waals surface area (Å²) in [6.07, 6.45) is 1.94. The van der Waals surface area contributed by atoms with E-state index in [0.29, 0.717) is 34.7 Å². The number of carbonyl (C=O) groups excluding carboxylic acids is 1. The summed E-state index contributed by atoms with van der Waals surface area (Å²) >= 11 is 1.40. The first-order valence-corrected chi connectivity index (χ1v) is 11.0. The van der Waals surface area contributed by atoms with Crippen molar-refractivity contribution >= 4 is 34.6 Å². The smallest absolute Gasteiger partial charge is 0.266 e. The summed E-state index contributed by atoms with van der Waals surface area (Å²) < 4.78 is 11.6. The first-order chi connectivity index (χ1) is 14.4. The number of aliphatic imine (C=N–C) groups is 1. The molecule has 2 aromatic rings. The quantitative estimate of drug-likeness (QED) is 0.527. The summed E-state index contributed by atoms with van der Waals surface area (Å²) in [6.45, 7) is 11.0. The van der Waals surface area contributed by atoms with E-state index in [4.69, 9.17) is 14.5 Å². The van der Waals surface area contributed by atoms with Gasteiger partial charge in [0.25, 0.3) is 5.91 Å². The lowest BCUT2D eigenvalue weighted by atomic mass is 10.2. The lowest BCUT2D eigenvalue weighted by molar-refractivity contribution is -0.122. The van der Waals surface area contributed by atoms with Crippen molar-refractivity contribution in [3.63, 3.8) is 0 Å². The third-order valence-electron chi connectivity index (χ3n) is 4.46. The molecule has 1 heterocycles. The van der Waals surface area contributed by atoms with E-state index in [0.717, 1.165) is 16.8 Å². The van der Waals surface area contributed by atoms with Gasteiger partial charge in [0.05, 0.1) is 23.3 Å². The number of hydrogen-bond acceptors (Lipinski definition) is 5. The molecule has 0 atom stereocenters. The van der Waals surface area contributed by atoms with Gasteiger partial charge < -0.3 is 9.47 Å². The Morgan fingerprint density at radius 2 is 1.90 bits per heavy atom. The van der Waals surface area contributed by atoms with E-state index >= 15 is 0 Å². The van der Waals surface area contributed by atoms with E-state index < -0.39 is 0 Å². The second-order valence-electron chi connectivity index (χ2n) is 7.15. The molecule has 0 unspecified atom stereocenters. The van der Waals surface area contributed by atoms with Gasteiger partial charge >= 0.3 is 0 Å². The molecular weight excluding hydrogens is 396 g/mol. The van der Waals surface area contributed by atoms with Gasteiger partial charge in [-0.2, -0.15) is 0 Å². The van der Waals surface area contributed by atoms with Crippen molar-refractivity contribution in [2.45, 2.75) is 40.7 Å². The van der Waals surface area contributed by atoms with Gasteiger partial charge in [-0.05, 0) is 81.8 Å². The Morgan fingerprint density at radius 1 is 1.13 bits per heavy atom. The lowest BCUT2D eigenvalue weighted by Crippen LogP contribution is -2.28. The Hall–Kier alpha value is -2.73. The van der Waals surface area contributed by atoms with Crippen LogP contribution in [-0.4, -0.2) is 35.2 Å². The average Bonchev–Trinajstić information content (AvgIpc) is 2.99. The number of amidine groups is 1. The highest BCUT2D eigenvalue weighted by molar-refractivity contribution is 8.18. The highest BCUT2D eigenvalue weighted by Gasteiger charge is 2.32. The predicted molar refractivity (Wildman–Crippen MR) is 125 cm³/mol. The van der Waals surface area contributed by atoms with Crippen LogP contribution in [0.1, 0.15) is 38.8 Å². The Labute approximate surface area is 182 Å². The van der Waals surface area contributed by atoms with Crippen LogP contribution >= 0.6 is 11.8 Å². The summed E-state index contributed by atoms with van der Waals surface area (Å²) in [5.74, 6) is 1.35. The van der Waals surface area contributed by atoms with Gasteiger partial charge in [-0.25, -0.2) is 4.99 Å². The van der Waals surface area contributed by atoms with Crippen LogP contribution in [0.2, 0.25) is 0 Å². The van der Waals surface area contributed by atoms with E-state index in [1.54, 1.807) is 4.90 Å². The summed E-state index contributed by atoms with van der Waals surface area (Å²) in [6, 6.07) is 13.7. The number of likely N-dealkylation sites (N-methyl/N-ethyl adjacent to an activating group) is 1. The fraction of sp³-hybridized carbons (Fsp3) is 0.333. The first kappa shape index (κ1) is 22.0. The normalized spacial score (nSPS) is 16.7. The summed E-state index contributed by atoms with van der Waals surface area (Å²) in [4.78, 5) is 20.0. The molecule has 5 nitrogen and oxygen atoms in total. The van der Waals surface area contributed by atoms with Gasteiger partial charge in [0.1, 0.15) is 0 Å². The van der Waals surface area contributed by atoms with E-state index in [1.807, 2.05) is 83.2 Å². The molecule has 30 heavy (non-hydrogen) atoms. The number of thioether (sulfide) groups is 1. The second kappa shape index (κ2) is 9.85. The van der Waals surface area contributed by atoms with Crippen molar-refractivity contribution in [2.75, 3.05) is 13.2 Å². The second-order valence-corrected chi connectivity index (χ2v) is 8.16. The molecular formula is C24H28N2O3S. The summed E-state index contributed by atoms with van der Waals surface area (Å²) in [5.41, 5.74) is 2.84. The van der Waals surface area contributed by atoms with Gasteiger partial charge in [0, 0.05) is 6.54 Å². The van der Waals surface area contributed by atoms with Crippen LogP contribution in [0, 0.1) is 6.92 Å². The number of aryl methyl sites for hydroxylation is 1. The van der Waals surface area contributed by atoms with Crippen molar-refractivity contribution in [2.24, 2.45) is 4.99 Å². The molecule has 0 N–H and O–H groups in total. The predicted octanol–water partition coefficient (Wildman–Crippen LogP) is 5.80. The molecule has 0 aliphatic carbocycles. The van der Waals surface area contributed by atoms with Gasteiger partial charge in [-0.3, -0.25) is 9.69 Å². The fourth-order valence-electron chi connectivity index (χ4n) is 3.05. The van der Waals surface area contributed by atoms with Gasteiger partial charge in [0.2, 0.25) is 0 Å². The maximum absolute atomic E-state index is 12.9. The minimum absolute atomic E-state index is 0.0321. The minimum Gasteiger partial charge on any atom is -0.490 e. The van der Waals surface area contributed by atoms with Crippen LogP contribution in [0.4, 0.5) is 5.69 Å². The molecule has 158 valence electrons. The largest absolute Gasteiger partial charge is 0.490 e. The molecule has 3 rings (SSSR count). The molecule has 6 heteroatoms. The molecule has 1 aliphatic heterocycles. The Kier molecular flexibility index (Phi) is 7.21. The van der Waals surface area contributed by atoms with Crippen LogP contribution < -0.4 is 9.47 Å². The highest BCUT2D eigenvalue weighted by atomic mass is 32.2. The van der Waals surface area contributed by atoms with Crippen molar-refractivity contribution in [3.05, 3.63) is 58.5 Å². The van der Waals surface area contributed by atoms with Crippen molar-refractivity contribution in [1.29, 1.82) is 0 Å². The van der Waals surface area contributed by atoms with E-state index in [1.165, 1.54) is 11.8 Å². The van der Waals surface area contributed by atoms with Crippen molar-refractivity contribution in [1.82, 2.24) is 4.90 Å². The standard InChI is InChI=1S/C24H28N2O3S/c1-6-26-23(27)22(30-24(26)25-19-11-9-8-10-17(19)5)15-18-12-13-20(29-16(3)4)21(14-18)28-7-2/h8-16H,6-7H2,1-5H3/b22-15+,25-24?. The number of benzene rings is 2. The molecule has 0 bridgehead atoms. The number of amides is 1. The van der Waals surface area contributed by atoms with Gasteiger partial charge in [-0.15, -0.1) is 0 Å². The number of hydrogen-bond donors (Lipinski definition) is 0. The maximum Gasteiger partial charge on any atom is 0.266 e. The molecule has 0 spiro atoms. The molecule has 0 radical (unpaired) electrons. The van der Waals surface area contributed by atoms with Crippen LogP contribution in [0.5, 0.6) is 11.5 Å². The van der Waals surface area contributed by atoms with E-state index in [2.05, 4.69) is 0 Å². The minimum atomic E-state index is -0.0321. The van der Waals surface area contributed by atoms with Gasteiger partial charge in [0.15, 0.2) is 16.7 Å². The number of ether oxygens (including phenoxy) is 2. The number of para-hydroxylation sites is 1. The van der Waals surface area contributed by atoms with E-state index in [-0.39, 0.29) is 12.0 Å². The van der Waals surface area contributed by atoms with Crippen molar-refractivity contribution in [3.8, 4) is 11.5 Å². The number of nitrogens with zero attached hydrogens (tertiary/aromatic N) is 2. The molecule has 1 saturated heterocycles. The molecule has 2 aromatic carbocycles. The Balaban J connectivity index is 1.92.